The average Bonchev–Trinajstić information content (AvgIpc) is 2.81. The molecule has 6 nitrogen and oxygen atoms in total. The van der Waals surface area contributed by atoms with Gasteiger partial charge in [0.15, 0.2) is 0 Å². The number of nitrogens with zero attached hydrogens (tertiary/aromatic N) is 4. The van der Waals surface area contributed by atoms with Crippen LogP contribution in [0.4, 0.5) is 5.95 Å². The summed E-state index contributed by atoms with van der Waals surface area (Å²) in [4.78, 5) is 25.6. The number of anilines is 1. The van der Waals surface area contributed by atoms with E-state index in [-0.39, 0.29) is 16.7 Å². The van der Waals surface area contributed by atoms with E-state index in [0.717, 1.165) is 31.8 Å². The normalized spacial score (nSPS) is 27.6. The fraction of sp³-hybridized carbons (Fsp3) is 0.722. The second kappa shape index (κ2) is 5.69. The number of fused-ring (bicyclic) bond motifs is 1. The number of aryl methyl sites for hydroxylation is 1. The van der Waals surface area contributed by atoms with Crippen LogP contribution in [0.2, 0.25) is 0 Å². The first-order valence-electron chi connectivity index (χ1n) is 8.49. The molecule has 1 aromatic heterocycles. The van der Waals surface area contributed by atoms with Crippen LogP contribution in [0.5, 0.6) is 0 Å². The van der Waals surface area contributed by atoms with E-state index in [1.165, 1.54) is 0 Å². The molecule has 2 fully saturated rings. The fourth-order valence-electron chi connectivity index (χ4n) is 4.81. The number of amides is 1. The first kappa shape index (κ1) is 17.1. The molecule has 0 aromatic carbocycles. The first-order chi connectivity index (χ1) is 11.2. The summed E-state index contributed by atoms with van der Waals surface area (Å²) in [5.74, 6) is 1.16. The van der Waals surface area contributed by atoms with Crippen molar-refractivity contribution in [1.29, 1.82) is 0 Å². The van der Waals surface area contributed by atoms with Crippen LogP contribution in [-0.4, -0.2) is 61.7 Å². The first-order valence-corrected chi connectivity index (χ1v) is 8.49. The van der Waals surface area contributed by atoms with Gasteiger partial charge in [-0.3, -0.25) is 4.79 Å². The van der Waals surface area contributed by atoms with Gasteiger partial charge in [0.2, 0.25) is 5.95 Å². The van der Waals surface area contributed by atoms with Crippen LogP contribution in [0.15, 0.2) is 6.20 Å². The van der Waals surface area contributed by atoms with Crippen molar-refractivity contribution in [2.75, 3.05) is 45.8 Å². The van der Waals surface area contributed by atoms with Gasteiger partial charge in [-0.1, -0.05) is 13.8 Å². The number of carbonyl (C=O) groups excluding carboxylic acids is 1. The maximum atomic E-state index is 13.0. The molecule has 1 aromatic rings. The van der Waals surface area contributed by atoms with Gasteiger partial charge in [-0.15, -0.1) is 0 Å². The van der Waals surface area contributed by atoms with Crippen LogP contribution in [0.1, 0.15) is 36.3 Å². The molecule has 6 heteroatoms. The smallest absolute Gasteiger partial charge is 0.257 e. The Labute approximate surface area is 144 Å². The van der Waals surface area contributed by atoms with Crippen molar-refractivity contribution in [2.45, 2.75) is 27.2 Å². The summed E-state index contributed by atoms with van der Waals surface area (Å²) in [6, 6.07) is 0. The van der Waals surface area contributed by atoms with Gasteiger partial charge in [0.1, 0.15) is 0 Å². The number of hydrogen-bond acceptors (Lipinski definition) is 5. The van der Waals surface area contributed by atoms with E-state index in [0.29, 0.717) is 17.4 Å². The Hall–Kier alpha value is -1.69. The van der Waals surface area contributed by atoms with Gasteiger partial charge >= 0.3 is 0 Å². The van der Waals surface area contributed by atoms with Crippen LogP contribution in [0, 0.1) is 23.7 Å². The molecule has 0 unspecified atom stereocenters. The van der Waals surface area contributed by atoms with Crippen molar-refractivity contribution in [3.8, 4) is 0 Å². The molecular formula is C18H28N4O2. The van der Waals surface area contributed by atoms with Gasteiger partial charge in [0.25, 0.3) is 5.91 Å². The lowest BCUT2D eigenvalue weighted by Crippen LogP contribution is -2.55. The van der Waals surface area contributed by atoms with Gasteiger partial charge in [-0.2, -0.15) is 0 Å². The molecule has 2 aliphatic rings. The molecule has 1 saturated carbocycles. The summed E-state index contributed by atoms with van der Waals surface area (Å²) < 4.78 is 5.48. The second-order valence-electron chi connectivity index (χ2n) is 8.26. The zero-order valence-electron chi connectivity index (χ0n) is 15.6. The molecule has 3 rings (SSSR count). The molecule has 132 valence electrons. The highest BCUT2D eigenvalue weighted by Crippen LogP contribution is 2.62. The molecule has 0 bridgehead atoms. The van der Waals surface area contributed by atoms with E-state index in [2.05, 4.69) is 23.8 Å². The topological polar surface area (TPSA) is 58.6 Å². The largest absolute Gasteiger partial charge is 0.384 e. The number of hydrogen-bond donors (Lipinski definition) is 0. The lowest BCUT2D eigenvalue weighted by molar-refractivity contribution is -0.107. The summed E-state index contributed by atoms with van der Waals surface area (Å²) in [6.45, 7) is 8.74. The van der Waals surface area contributed by atoms with Crippen LogP contribution in [-0.2, 0) is 4.74 Å². The van der Waals surface area contributed by atoms with Crippen molar-refractivity contribution in [3.05, 3.63) is 17.5 Å². The summed E-state index contributed by atoms with van der Waals surface area (Å²) in [7, 11) is 5.54. The second-order valence-corrected chi connectivity index (χ2v) is 8.26. The van der Waals surface area contributed by atoms with Crippen LogP contribution in [0.3, 0.4) is 0 Å². The molecule has 24 heavy (non-hydrogen) atoms. The Morgan fingerprint density at radius 1 is 1.46 bits per heavy atom. The molecule has 1 aliphatic heterocycles. The predicted molar refractivity (Wildman–Crippen MR) is 93.2 cm³/mol. The monoisotopic (exact) mass is 332 g/mol. The highest BCUT2D eigenvalue weighted by atomic mass is 16.5. The van der Waals surface area contributed by atoms with Gasteiger partial charge in [-0.05, 0) is 24.7 Å². The molecule has 1 amide bonds. The minimum Gasteiger partial charge on any atom is -0.384 e. The highest BCUT2D eigenvalue weighted by Gasteiger charge is 2.63. The summed E-state index contributed by atoms with van der Waals surface area (Å²) >= 11 is 0. The predicted octanol–water partition coefficient (Wildman–Crippen LogP) is 1.99. The number of rotatable bonds is 4. The average molecular weight is 332 g/mol. The zero-order valence-corrected chi connectivity index (χ0v) is 15.6. The third kappa shape index (κ3) is 2.57. The van der Waals surface area contributed by atoms with E-state index < -0.39 is 0 Å². The van der Waals surface area contributed by atoms with E-state index in [1.807, 2.05) is 30.8 Å². The zero-order chi connectivity index (χ0) is 17.7. The van der Waals surface area contributed by atoms with Crippen LogP contribution >= 0.6 is 0 Å². The molecule has 2 atom stereocenters. The molecule has 0 radical (unpaired) electrons. The number of methoxy groups -OCH3 is 1. The molecular weight excluding hydrogens is 304 g/mol. The fourth-order valence-corrected chi connectivity index (χ4v) is 4.81. The Kier molecular flexibility index (Phi) is 4.06. The van der Waals surface area contributed by atoms with Crippen LogP contribution < -0.4 is 4.90 Å². The Morgan fingerprint density at radius 2 is 2.17 bits per heavy atom. The minimum absolute atomic E-state index is 0.0403. The van der Waals surface area contributed by atoms with Gasteiger partial charge < -0.3 is 14.5 Å². The molecule has 1 aliphatic carbocycles. The highest BCUT2D eigenvalue weighted by molar-refractivity contribution is 5.95. The van der Waals surface area contributed by atoms with E-state index in [4.69, 9.17) is 4.74 Å². The molecule has 2 heterocycles. The minimum atomic E-state index is 0.0403. The quantitative estimate of drug-likeness (QED) is 0.844. The van der Waals surface area contributed by atoms with Crippen molar-refractivity contribution in [2.24, 2.45) is 16.7 Å². The Balaban J connectivity index is 1.82. The van der Waals surface area contributed by atoms with Gasteiger partial charge in [0.05, 0.1) is 17.9 Å². The van der Waals surface area contributed by atoms with E-state index in [1.54, 1.807) is 13.3 Å². The molecule has 0 N–H and O–H groups in total. The third-order valence-electron chi connectivity index (χ3n) is 5.71. The van der Waals surface area contributed by atoms with Crippen molar-refractivity contribution >= 4 is 11.9 Å². The number of ether oxygens (including phenoxy) is 1. The number of carbonyl (C=O) groups is 1. The SMILES string of the molecule is COC[C@@]12CN(C(=O)c3cnc(N(C)C)nc3C)C[C@@H]1C(C)(C)C2. The Bertz CT molecular complexity index is 658. The third-order valence-corrected chi connectivity index (χ3v) is 5.71. The molecule has 0 spiro atoms. The summed E-state index contributed by atoms with van der Waals surface area (Å²) in [5.41, 5.74) is 1.73. The lowest BCUT2D eigenvalue weighted by Gasteiger charge is -2.56. The van der Waals surface area contributed by atoms with Crippen LogP contribution in [0.25, 0.3) is 0 Å². The lowest BCUT2D eigenvalue weighted by atomic mass is 9.48. The van der Waals surface area contributed by atoms with E-state index in [9.17, 15) is 4.79 Å². The maximum absolute atomic E-state index is 13.0. The maximum Gasteiger partial charge on any atom is 0.257 e. The Morgan fingerprint density at radius 3 is 2.71 bits per heavy atom. The van der Waals surface area contributed by atoms with E-state index >= 15 is 0 Å². The number of likely N-dealkylation sites (tertiary alicyclic amines) is 1. The molecule has 1 saturated heterocycles. The number of aromatic nitrogens is 2. The standard InChI is InChI=1S/C18H28N4O2/c1-12-13(7-19-16(20-12)21(4)5)15(23)22-8-14-17(2,3)9-18(14,10-22)11-24-6/h7,14H,8-11H2,1-6H3/t14-,18-/m1/s1. The van der Waals surface area contributed by atoms with Gasteiger partial charge in [-0.25, -0.2) is 9.97 Å². The van der Waals surface area contributed by atoms with Crippen molar-refractivity contribution in [1.82, 2.24) is 14.9 Å². The van der Waals surface area contributed by atoms with Crippen molar-refractivity contribution in [3.63, 3.8) is 0 Å². The van der Waals surface area contributed by atoms with Crippen molar-refractivity contribution < 1.29 is 9.53 Å². The van der Waals surface area contributed by atoms with Gasteiger partial charge in [0, 0.05) is 45.9 Å². The summed E-state index contributed by atoms with van der Waals surface area (Å²) in [6.07, 6.45) is 2.77. The summed E-state index contributed by atoms with van der Waals surface area (Å²) in [5, 5.41) is 0.